The Morgan fingerprint density at radius 2 is 1.59 bits per heavy atom. The van der Waals surface area contributed by atoms with Crippen molar-refractivity contribution in [2.45, 2.75) is 170 Å². The zero-order chi connectivity index (χ0) is 37.2. The highest BCUT2D eigenvalue weighted by molar-refractivity contribution is 5.22. The Bertz CT molecular complexity index is 1180. The van der Waals surface area contributed by atoms with E-state index < -0.39 is 96.7 Å². The normalized spacial score (nSPS) is 52.6. The first-order chi connectivity index (χ1) is 24.0. The quantitative estimate of drug-likeness (QED) is 0.134. The van der Waals surface area contributed by atoms with E-state index in [2.05, 4.69) is 6.92 Å². The lowest BCUT2D eigenvalue weighted by atomic mass is 9.42. The highest BCUT2D eigenvalue weighted by Crippen LogP contribution is 2.67. The topological polar surface area (TPSA) is 228 Å². The smallest absolute Gasteiger partial charge is 0.187 e. The molecule has 6 aliphatic rings. The fraction of sp³-hybridized carbons (Fsp3) is 1.00. The van der Waals surface area contributed by atoms with Gasteiger partial charge in [0.25, 0.3) is 0 Å². The number of aliphatic hydroxyl groups is 9. The van der Waals surface area contributed by atoms with E-state index >= 15 is 0 Å². The van der Waals surface area contributed by atoms with E-state index in [1.54, 1.807) is 0 Å². The first-order valence-electron chi connectivity index (χ1n) is 19.2. The van der Waals surface area contributed by atoms with Crippen LogP contribution in [0.15, 0.2) is 0 Å². The largest absolute Gasteiger partial charge is 0.394 e. The summed E-state index contributed by atoms with van der Waals surface area (Å²) in [6.45, 7) is 7.49. The lowest BCUT2D eigenvalue weighted by Crippen LogP contribution is -2.74. The van der Waals surface area contributed by atoms with E-state index in [0.29, 0.717) is 32.1 Å². The van der Waals surface area contributed by atoms with Gasteiger partial charge in [-0.3, -0.25) is 0 Å². The summed E-state index contributed by atoms with van der Waals surface area (Å²) in [6.07, 6.45) is -7.53. The van der Waals surface area contributed by atoms with E-state index in [9.17, 15) is 46.0 Å². The number of hydrogen-bond acceptors (Lipinski definition) is 14. The summed E-state index contributed by atoms with van der Waals surface area (Å²) in [5, 5.41) is 99.0. The Kier molecular flexibility index (Phi) is 11.9. The molecule has 9 N–H and O–H groups in total. The number of fused-ring (bicyclic) bond motifs is 5. The van der Waals surface area contributed by atoms with Crippen molar-refractivity contribution >= 4 is 0 Å². The van der Waals surface area contributed by atoms with Gasteiger partial charge in [0, 0.05) is 31.3 Å². The minimum Gasteiger partial charge on any atom is -0.394 e. The fourth-order valence-corrected chi connectivity index (χ4v) is 11.5. The molecule has 4 aliphatic carbocycles. The average molecular weight is 733 g/mol. The maximum atomic E-state index is 12.5. The standard InChI is InChI=1S/C37H64O14/c1-17(2)24(49-34-32(30(44)25(15-38)50-34)51-33-31(47-5)29(43)23(41)16-48-33)8-6-18(3)21-12-22(40)28-20(21)7-9-26-35(4)11-10-19(39)13-37(35,46)27(42)14-36(26,28)45/h17-34,38-46H,6-16H2,1-5H3. The number of hydrogen-bond donors (Lipinski definition) is 9. The van der Waals surface area contributed by atoms with Gasteiger partial charge in [0.2, 0.25) is 0 Å². The second-order valence-corrected chi connectivity index (χ2v) is 17.5. The van der Waals surface area contributed by atoms with E-state index in [4.69, 9.17) is 23.7 Å². The van der Waals surface area contributed by atoms with Crippen LogP contribution in [0.3, 0.4) is 0 Å². The second kappa shape index (κ2) is 15.2. The molecule has 2 saturated heterocycles. The Hall–Kier alpha value is -0.560. The van der Waals surface area contributed by atoms with Gasteiger partial charge in [-0.2, -0.15) is 0 Å². The summed E-state index contributed by atoms with van der Waals surface area (Å²) < 4.78 is 29.4. The van der Waals surface area contributed by atoms with Gasteiger partial charge in [-0.05, 0) is 74.5 Å². The highest BCUT2D eigenvalue weighted by Gasteiger charge is 2.72. The van der Waals surface area contributed by atoms with Crippen molar-refractivity contribution in [2.75, 3.05) is 20.3 Å². The molecule has 2 aliphatic heterocycles. The van der Waals surface area contributed by atoms with E-state index in [0.717, 1.165) is 12.8 Å². The maximum Gasteiger partial charge on any atom is 0.187 e. The van der Waals surface area contributed by atoms with Crippen molar-refractivity contribution in [1.82, 2.24) is 0 Å². The minimum absolute atomic E-state index is 0.0268. The van der Waals surface area contributed by atoms with Crippen molar-refractivity contribution in [2.24, 2.45) is 40.9 Å². The molecule has 0 aromatic heterocycles. The molecule has 4 saturated carbocycles. The third-order valence-corrected chi connectivity index (χ3v) is 14.4. The van der Waals surface area contributed by atoms with Crippen molar-refractivity contribution in [3.05, 3.63) is 0 Å². The molecule has 6 fully saturated rings. The molecule has 20 atom stereocenters. The van der Waals surface area contributed by atoms with Gasteiger partial charge in [0.05, 0.1) is 48.8 Å². The number of ether oxygens (including phenoxy) is 5. The summed E-state index contributed by atoms with van der Waals surface area (Å²) in [4.78, 5) is 0. The lowest BCUT2D eigenvalue weighted by Gasteiger charge is -2.67. The molecule has 0 amide bonds. The van der Waals surface area contributed by atoms with Crippen LogP contribution in [-0.2, 0) is 23.7 Å². The Morgan fingerprint density at radius 3 is 2.25 bits per heavy atom. The summed E-state index contributed by atoms with van der Waals surface area (Å²) in [5.41, 5.74) is -3.61. The van der Waals surface area contributed by atoms with Gasteiger partial charge >= 0.3 is 0 Å². The monoisotopic (exact) mass is 732 g/mol. The van der Waals surface area contributed by atoms with Crippen LogP contribution in [0.1, 0.15) is 85.5 Å². The Morgan fingerprint density at radius 1 is 0.863 bits per heavy atom. The van der Waals surface area contributed by atoms with Crippen molar-refractivity contribution in [3.63, 3.8) is 0 Å². The first kappa shape index (κ1) is 40.1. The first-order valence-corrected chi connectivity index (χ1v) is 19.2. The molecule has 14 nitrogen and oxygen atoms in total. The molecule has 0 radical (unpaired) electrons. The molecule has 0 spiro atoms. The van der Waals surface area contributed by atoms with Crippen LogP contribution >= 0.6 is 0 Å². The van der Waals surface area contributed by atoms with Crippen molar-refractivity contribution in [3.8, 4) is 0 Å². The second-order valence-electron chi connectivity index (χ2n) is 17.5. The van der Waals surface area contributed by atoms with E-state index in [1.165, 1.54) is 7.11 Å². The van der Waals surface area contributed by atoms with Crippen LogP contribution in [0.25, 0.3) is 0 Å². The number of aliphatic hydroxyl groups excluding tert-OH is 7. The van der Waals surface area contributed by atoms with Crippen molar-refractivity contribution < 1.29 is 69.6 Å². The molecule has 296 valence electrons. The minimum atomic E-state index is -1.49. The van der Waals surface area contributed by atoms with Crippen LogP contribution < -0.4 is 0 Å². The molecule has 2 heterocycles. The third-order valence-electron chi connectivity index (χ3n) is 14.4. The predicted octanol–water partition coefficient (Wildman–Crippen LogP) is -0.199. The molecule has 0 aromatic carbocycles. The molecule has 14 heteroatoms. The summed E-state index contributed by atoms with van der Waals surface area (Å²) in [7, 11) is 1.35. The number of methoxy groups -OCH3 is 1. The van der Waals surface area contributed by atoms with Gasteiger partial charge in [-0.25, -0.2) is 0 Å². The molecule has 20 unspecified atom stereocenters. The predicted molar refractivity (Wildman–Crippen MR) is 180 cm³/mol. The van der Waals surface area contributed by atoms with Crippen LogP contribution in [0.2, 0.25) is 0 Å². The van der Waals surface area contributed by atoms with E-state index in [1.807, 2.05) is 20.8 Å². The lowest BCUT2D eigenvalue weighted by molar-refractivity contribution is -0.311. The number of rotatable bonds is 11. The van der Waals surface area contributed by atoms with Crippen LogP contribution in [0.5, 0.6) is 0 Å². The molecule has 51 heavy (non-hydrogen) atoms. The van der Waals surface area contributed by atoms with Gasteiger partial charge in [0.15, 0.2) is 12.6 Å². The average Bonchev–Trinajstić information content (AvgIpc) is 3.58. The summed E-state index contributed by atoms with van der Waals surface area (Å²) in [5.74, 6) is -0.373. The van der Waals surface area contributed by atoms with Crippen LogP contribution in [0.4, 0.5) is 0 Å². The third kappa shape index (κ3) is 6.85. The van der Waals surface area contributed by atoms with Gasteiger partial charge < -0.3 is 69.6 Å². The molecular formula is C37H64O14. The van der Waals surface area contributed by atoms with Gasteiger partial charge in [-0.15, -0.1) is 0 Å². The zero-order valence-electron chi connectivity index (χ0n) is 30.7. The Labute approximate surface area is 301 Å². The van der Waals surface area contributed by atoms with Gasteiger partial charge in [-0.1, -0.05) is 27.7 Å². The maximum absolute atomic E-state index is 12.5. The Balaban J connectivity index is 1.12. The SMILES string of the molecule is COC1C(OC2C(OC(CCC(C)C3CC(O)C4C3CCC3C4(O)CC(O)C4(O)CC(O)CCC34C)C(C)C)OC(CO)C2O)OCC(O)C1O. The van der Waals surface area contributed by atoms with Gasteiger partial charge in [0.1, 0.15) is 36.6 Å². The molecule has 6 rings (SSSR count). The molecule has 0 aromatic rings. The van der Waals surface area contributed by atoms with Crippen LogP contribution in [-0.4, -0.2) is 151 Å². The fourth-order valence-electron chi connectivity index (χ4n) is 11.5. The highest BCUT2D eigenvalue weighted by atomic mass is 16.8. The molecular weight excluding hydrogens is 668 g/mol. The zero-order valence-corrected chi connectivity index (χ0v) is 30.7. The summed E-state index contributed by atoms with van der Waals surface area (Å²) >= 11 is 0. The summed E-state index contributed by atoms with van der Waals surface area (Å²) in [6, 6.07) is 0. The van der Waals surface area contributed by atoms with E-state index in [-0.39, 0.29) is 55.1 Å². The van der Waals surface area contributed by atoms with Crippen molar-refractivity contribution in [1.29, 1.82) is 0 Å². The van der Waals surface area contributed by atoms with Crippen LogP contribution in [0, 0.1) is 40.9 Å². The molecule has 0 bridgehead atoms.